The van der Waals surface area contributed by atoms with Crippen molar-refractivity contribution in [1.82, 2.24) is 14.8 Å². The smallest absolute Gasteiger partial charge is 0.313 e. The Balaban J connectivity index is 1.85. The molecule has 3 aromatic rings. The van der Waals surface area contributed by atoms with Crippen LogP contribution in [0.2, 0.25) is 10.0 Å². The van der Waals surface area contributed by atoms with Gasteiger partial charge in [0.05, 0.1) is 15.8 Å². The normalized spacial score (nSPS) is 13.5. The third-order valence-corrected chi connectivity index (χ3v) is 7.98. The number of aliphatic carboxylic acids is 1. The zero-order valence-electron chi connectivity index (χ0n) is 14.4. The van der Waals surface area contributed by atoms with E-state index in [1.807, 2.05) is 22.8 Å². The average Bonchev–Trinajstić information content (AvgIpc) is 3.22. The number of halogens is 3. The molecule has 10 heteroatoms. The first-order valence-electron chi connectivity index (χ1n) is 8.51. The molecule has 0 saturated heterocycles. The molecule has 0 radical (unpaired) electrons. The highest BCUT2D eigenvalue weighted by atomic mass is 79.9. The van der Waals surface area contributed by atoms with Gasteiger partial charge >= 0.3 is 5.97 Å². The van der Waals surface area contributed by atoms with Gasteiger partial charge in [-0.25, -0.2) is 0 Å². The number of carboxylic acids is 1. The Morgan fingerprint density at radius 3 is 2.68 bits per heavy atom. The van der Waals surface area contributed by atoms with Crippen molar-refractivity contribution in [3.05, 3.63) is 44.1 Å². The molecule has 2 heterocycles. The van der Waals surface area contributed by atoms with Gasteiger partial charge in [0.1, 0.15) is 5.00 Å². The summed E-state index contributed by atoms with van der Waals surface area (Å²) >= 11 is 18.6. The third kappa shape index (κ3) is 3.85. The zero-order valence-corrected chi connectivity index (χ0v) is 19.1. The van der Waals surface area contributed by atoms with E-state index in [1.54, 1.807) is 11.3 Å². The first-order chi connectivity index (χ1) is 13.5. The summed E-state index contributed by atoms with van der Waals surface area (Å²) in [5, 5.41) is 19.9. The van der Waals surface area contributed by atoms with Crippen LogP contribution >= 0.6 is 62.2 Å². The molecule has 0 saturated carbocycles. The minimum Gasteiger partial charge on any atom is -0.481 e. The van der Waals surface area contributed by atoms with Gasteiger partial charge in [-0.2, -0.15) is 0 Å². The van der Waals surface area contributed by atoms with Crippen molar-refractivity contribution in [2.45, 2.75) is 30.8 Å². The van der Waals surface area contributed by atoms with Crippen LogP contribution in [0.4, 0.5) is 0 Å². The van der Waals surface area contributed by atoms with E-state index in [0.717, 1.165) is 52.9 Å². The lowest BCUT2D eigenvalue weighted by Crippen LogP contribution is -2.06. The summed E-state index contributed by atoms with van der Waals surface area (Å²) in [4.78, 5) is 12.2. The van der Waals surface area contributed by atoms with E-state index < -0.39 is 5.97 Å². The van der Waals surface area contributed by atoms with Gasteiger partial charge in [0.25, 0.3) is 0 Å². The quantitative estimate of drug-likeness (QED) is 0.412. The Kier molecular flexibility index (Phi) is 6.04. The lowest BCUT2D eigenvalue weighted by Gasteiger charge is -2.15. The van der Waals surface area contributed by atoms with Crippen LogP contribution < -0.4 is 0 Å². The van der Waals surface area contributed by atoms with Crippen LogP contribution in [0.1, 0.15) is 24.0 Å². The average molecular weight is 519 g/mol. The van der Waals surface area contributed by atoms with Crippen molar-refractivity contribution in [3.63, 3.8) is 0 Å². The highest BCUT2D eigenvalue weighted by Gasteiger charge is 2.26. The molecule has 146 valence electrons. The lowest BCUT2D eigenvalue weighted by atomic mass is 9.91. The van der Waals surface area contributed by atoms with Crippen LogP contribution in [0.5, 0.6) is 0 Å². The molecule has 0 fully saturated rings. The lowest BCUT2D eigenvalue weighted by molar-refractivity contribution is -0.133. The minimum atomic E-state index is -0.889. The molecule has 28 heavy (non-hydrogen) atoms. The van der Waals surface area contributed by atoms with Gasteiger partial charge in [-0.1, -0.05) is 41.0 Å². The van der Waals surface area contributed by atoms with E-state index in [2.05, 4.69) is 26.1 Å². The maximum absolute atomic E-state index is 11.0. The number of benzene rings is 1. The SMILES string of the molecule is O=C(O)CSc1nnc(Br)n1-c1sc(-c2ccc(Cl)c(Cl)c2)c2c1CCCC2. The maximum atomic E-state index is 11.0. The first-order valence-corrected chi connectivity index (χ1v) is 11.9. The highest BCUT2D eigenvalue weighted by Crippen LogP contribution is 2.45. The molecule has 0 spiro atoms. The minimum absolute atomic E-state index is 0.0711. The molecule has 0 aliphatic heterocycles. The number of hydrogen-bond acceptors (Lipinski definition) is 5. The van der Waals surface area contributed by atoms with E-state index in [9.17, 15) is 4.79 Å². The first kappa shape index (κ1) is 20.2. The van der Waals surface area contributed by atoms with E-state index >= 15 is 0 Å². The largest absolute Gasteiger partial charge is 0.481 e. The molecule has 0 bridgehead atoms. The summed E-state index contributed by atoms with van der Waals surface area (Å²) in [7, 11) is 0. The fraction of sp³-hybridized carbons (Fsp3) is 0.278. The van der Waals surface area contributed by atoms with E-state index in [1.165, 1.54) is 11.1 Å². The van der Waals surface area contributed by atoms with Crippen molar-refractivity contribution >= 4 is 68.2 Å². The molecule has 0 amide bonds. The molecule has 1 aliphatic rings. The summed E-state index contributed by atoms with van der Waals surface area (Å²) in [6.07, 6.45) is 4.23. The summed E-state index contributed by atoms with van der Waals surface area (Å²) in [5.41, 5.74) is 3.63. The second-order valence-electron chi connectivity index (χ2n) is 6.30. The van der Waals surface area contributed by atoms with Crippen molar-refractivity contribution in [3.8, 4) is 15.4 Å². The molecule has 0 unspecified atom stereocenters. The van der Waals surface area contributed by atoms with Gasteiger partial charge in [-0.15, -0.1) is 21.5 Å². The molecule has 1 aliphatic carbocycles. The Labute approximate surface area is 188 Å². The predicted octanol–water partition coefficient (Wildman–Crippen LogP) is 6.12. The van der Waals surface area contributed by atoms with Gasteiger partial charge in [0.2, 0.25) is 4.73 Å². The number of hydrogen-bond donors (Lipinski definition) is 1. The predicted molar refractivity (Wildman–Crippen MR) is 117 cm³/mol. The number of thioether (sulfide) groups is 1. The van der Waals surface area contributed by atoms with Crippen molar-refractivity contribution < 1.29 is 9.90 Å². The van der Waals surface area contributed by atoms with E-state index in [4.69, 9.17) is 28.3 Å². The van der Waals surface area contributed by atoms with Crippen LogP contribution in [0.25, 0.3) is 15.4 Å². The van der Waals surface area contributed by atoms with E-state index in [0.29, 0.717) is 19.9 Å². The molecule has 4 rings (SSSR count). The number of aromatic nitrogens is 3. The second-order valence-corrected chi connectivity index (χ2v) is 9.76. The van der Waals surface area contributed by atoms with Crippen molar-refractivity contribution in [1.29, 1.82) is 0 Å². The number of carboxylic acid groups (broad SMARTS) is 1. The third-order valence-electron chi connectivity index (χ3n) is 4.50. The van der Waals surface area contributed by atoms with Crippen LogP contribution in [0, 0.1) is 0 Å². The Bertz CT molecular complexity index is 1070. The highest BCUT2D eigenvalue weighted by molar-refractivity contribution is 9.10. The van der Waals surface area contributed by atoms with Crippen molar-refractivity contribution in [2.24, 2.45) is 0 Å². The van der Waals surface area contributed by atoms with Gasteiger partial charge in [-0.3, -0.25) is 9.36 Å². The van der Waals surface area contributed by atoms with Crippen LogP contribution in [0.3, 0.4) is 0 Å². The Hall–Kier alpha value is -1.06. The van der Waals surface area contributed by atoms with E-state index in [-0.39, 0.29) is 5.75 Å². The number of thiophene rings is 1. The number of rotatable bonds is 5. The molecule has 1 N–H and O–H groups in total. The monoisotopic (exact) mass is 517 g/mol. The Morgan fingerprint density at radius 1 is 1.21 bits per heavy atom. The molecule has 2 aromatic heterocycles. The Morgan fingerprint density at radius 2 is 1.96 bits per heavy atom. The second kappa shape index (κ2) is 8.36. The summed E-state index contributed by atoms with van der Waals surface area (Å²) < 4.78 is 2.47. The summed E-state index contributed by atoms with van der Waals surface area (Å²) in [5.74, 6) is -0.960. The van der Waals surface area contributed by atoms with Gasteiger partial charge < -0.3 is 5.11 Å². The summed E-state index contributed by atoms with van der Waals surface area (Å²) in [6, 6.07) is 5.70. The van der Waals surface area contributed by atoms with Crippen LogP contribution in [-0.4, -0.2) is 31.6 Å². The number of carbonyl (C=O) groups is 1. The topological polar surface area (TPSA) is 68.0 Å². The van der Waals surface area contributed by atoms with Crippen LogP contribution in [0.15, 0.2) is 28.1 Å². The van der Waals surface area contributed by atoms with Crippen LogP contribution in [-0.2, 0) is 17.6 Å². The molecule has 1 aromatic carbocycles. The van der Waals surface area contributed by atoms with Crippen molar-refractivity contribution in [2.75, 3.05) is 5.75 Å². The maximum Gasteiger partial charge on any atom is 0.313 e. The number of nitrogens with zero attached hydrogens (tertiary/aromatic N) is 3. The number of fused-ring (bicyclic) bond motifs is 1. The van der Waals surface area contributed by atoms with Gasteiger partial charge in [-0.05, 0) is 70.4 Å². The summed E-state index contributed by atoms with van der Waals surface area (Å²) in [6.45, 7) is 0. The van der Waals surface area contributed by atoms with Gasteiger partial charge in [0.15, 0.2) is 5.16 Å². The molecule has 0 atom stereocenters. The fourth-order valence-electron chi connectivity index (χ4n) is 3.31. The fourth-order valence-corrected chi connectivity index (χ4v) is 6.38. The van der Waals surface area contributed by atoms with Gasteiger partial charge in [0, 0.05) is 4.88 Å². The molecular weight excluding hydrogens is 505 g/mol. The molecular formula is C18H14BrCl2N3O2S2. The molecule has 5 nitrogen and oxygen atoms in total. The standard InChI is InChI=1S/C18H14BrCl2N3O2S2/c19-17-22-23-18(27-8-14(25)26)24(17)16-11-4-2-1-3-10(11)15(28-16)9-5-6-12(20)13(21)7-9/h5-7H,1-4,8H2,(H,25,26). The zero-order chi connectivity index (χ0) is 19.8.